The Bertz CT molecular complexity index is 488. The number of rotatable bonds is 2. The van der Waals surface area contributed by atoms with Crippen LogP contribution in [0.2, 0.25) is 0 Å². The molecular formula is C15H18IrN3-. The van der Waals surface area contributed by atoms with Gasteiger partial charge in [-0.1, -0.05) is 18.5 Å². The Hall–Kier alpha value is -1.12. The van der Waals surface area contributed by atoms with Gasteiger partial charge in [-0.3, -0.25) is 4.68 Å². The van der Waals surface area contributed by atoms with Gasteiger partial charge in [0.05, 0.1) is 0 Å². The topological polar surface area (TPSA) is 21.1 Å². The molecule has 3 nitrogen and oxygen atoms in total. The molecule has 2 heterocycles. The summed E-state index contributed by atoms with van der Waals surface area (Å²) in [6.07, 6.45) is 9.08. The molecule has 0 N–H and O–H groups in total. The summed E-state index contributed by atoms with van der Waals surface area (Å²) in [5.74, 6) is 0. The first-order valence-corrected chi connectivity index (χ1v) is 6.70. The van der Waals surface area contributed by atoms with Crippen LogP contribution in [0, 0.1) is 6.07 Å². The molecule has 0 saturated carbocycles. The van der Waals surface area contributed by atoms with Crippen LogP contribution in [0.4, 0.5) is 5.69 Å². The number of hydrogen-bond acceptors (Lipinski definition) is 2. The molecule has 103 valence electrons. The monoisotopic (exact) mass is 433 g/mol. The van der Waals surface area contributed by atoms with Crippen molar-refractivity contribution < 1.29 is 20.1 Å². The van der Waals surface area contributed by atoms with Crippen molar-refractivity contribution in [3.05, 3.63) is 42.7 Å². The summed E-state index contributed by atoms with van der Waals surface area (Å²) >= 11 is 0. The quantitative estimate of drug-likeness (QED) is 0.681. The van der Waals surface area contributed by atoms with E-state index in [0.29, 0.717) is 0 Å². The van der Waals surface area contributed by atoms with E-state index in [0.717, 1.165) is 5.69 Å². The van der Waals surface area contributed by atoms with Crippen LogP contribution in [-0.4, -0.2) is 22.9 Å². The van der Waals surface area contributed by atoms with Gasteiger partial charge in [0.2, 0.25) is 0 Å². The second kappa shape index (κ2) is 6.88. The van der Waals surface area contributed by atoms with Crippen molar-refractivity contribution in [2.45, 2.75) is 25.7 Å². The van der Waals surface area contributed by atoms with E-state index in [4.69, 9.17) is 0 Å². The molecule has 19 heavy (non-hydrogen) atoms. The summed E-state index contributed by atoms with van der Waals surface area (Å²) in [4.78, 5) is 2.48. The van der Waals surface area contributed by atoms with Crippen LogP contribution in [0.15, 0.2) is 36.7 Å². The first-order valence-electron chi connectivity index (χ1n) is 6.70. The third kappa shape index (κ3) is 3.46. The molecule has 1 aromatic heterocycles. The van der Waals surface area contributed by atoms with E-state index in [1.807, 2.05) is 23.0 Å². The summed E-state index contributed by atoms with van der Waals surface area (Å²) in [6, 6.07) is 11.5. The average Bonchev–Trinajstić information content (AvgIpc) is 2.82. The summed E-state index contributed by atoms with van der Waals surface area (Å²) in [5, 5.41) is 4.26. The molecule has 1 aliphatic rings. The fraction of sp³-hybridized carbons (Fsp3) is 0.400. The second-order valence-corrected chi connectivity index (χ2v) is 4.78. The van der Waals surface area contributed by atoms with Gasteiger partial charge in [0.25, 0.3) is 0 Å². The third-order valence-electron chi connectivity index (χ3n) is 3.49. The van der Waals surface area contributed by atoms with Crippen molar-refractivity contribution in [3.63, 3.8) is 0 Å². The van der Waals surface area contributed by atoms with E-state index in [-0.39, 0.29) is 20.1 Å². The third-order valence-corrected chi connectivity index (χ3v) is 3.49. The van der Waals surface area contributed by atoms with E-state index in [2.05, 4.69) is 28.2 Å². The first-order chi connectivity index (χ1) is 8.93. The summed E-state index contributed by atoms with van der Waals surface area (Å²) < 4.78 is 1.86. The molecule has 0 unspecified atom stereocenters. The molecule has 0 amide bonds. The predicted octanol–water partition coefficient (Wildman–Crippen LogP) is 3.05. The average molecular weight is 433 g/mol. The Labute approximate surface area is 128 Å². The number of nitrogens with zero attached hydrogens (tertiary/aromatic N) is 3. The minimum Gasteiger partial charge on any atom is -0.393 e. The number of aromatic nitrogens is 2. The van der Waals surface area contributed by atoms with Crippen molar-refractivity contribution in [1.29, 1.82) is 0 Å². The fourth-order valence-corrected chi connectivity index (χ4v) is 2.51. The first kappa shape index (κ1) is 14.3. The Balaban J connectivity index is 0.00000133. The number of benzene rings is 1. The molecule has 0 spiro atoms. The molecule has 1 radical (unpaired) electrons. The number of hydrogen-bond donors (Lipinski definition) is 0. The molecular weight excluding hydrogens is 414 g/mol. The zero-order chi connectivity index (χ0) is 12.2. The fourth-order valence-electron chi connectivity index (χ4n) is 2.51. The predicted molar refractivity (Wildman–Crippen MR) is 73.1 cm³/mol. The Kier molecular flexibility index (Phi) is 5.17. The maximum Gasteiger partial charge on any atom is 0.0493 e. The molecule has 1 saturated heterocycles. The Morgan fingerprint density at radius 1 is 1.11 bits per heavy atom. The van der Waals surface area contributed by atoms with Gasteiger partial charge in [-0.15, -0.1) is 12.1 Å². The minimum absolute atomic E-state index is 0. The molecule has 4 heteroatoms. The number of anilines is 1. The van der Waals surface area contributed by atoms with E-state index in [1.54, 1.807) is 6.20 Å². The van der Waals surface area contributed by atoms with Gasteiger partial charge >= 0.3 is 0 Å². The molecule has 1 aliphatic heterocycles. The van der Waals surface area contributed by atoms with Crippen molar-refractivity contribution in [3.8, 4) is 5.69 Å². The van der Waals surface area contributed by atoms with Crippen molar-refractivity contribution in [1.82, 2.24) is 9.78 Å². The van der Waals surface area contributed by atoms with E-state index in [9.17, 15) is 0 Å². The van der Waals surface area contributed by atoms with Crippen molar-refractivity contribution in [2.75, 3.05) is 18.0 Å². The smallest absolute Gasteiger partial charge is 0.0493 e. The van der Waals surface area contributed by atoms with Crippen LogP contribution >= 0.6 is 0 Å². The largest absolute Gasteiger partial charge is 0.393 e. The van der Waals surface area contributed by atoms with Gasteiger partial charge in [-0.25, -0.2) is 0 Å². The maximum atomic E-state index is 4.26. The van der Waals surface area contributed by atoms with Crippen molar-refractivity contribution in [2.24, 2.45) is 0 Å². The Morgan fingerprint density at radius 3 is 2.58 bits per heavy atom. The van der Waals surface area contributed by atoms with Gasteiger partial charge in [-0.2, -0.15) is 17.2 Å². The van der Waals surface area contributed by atoms with Crippen LogP contribution in [0.5, 0.6) is 0 Å². The van der Waals surface area contributed by atoms with Crippen LogP contribution in [0.3, 0.4) is 0 Å². The van der Waals surface area contributed by atoms with E-state index < -0.39 is 0 Å². The maximum absolute atomic E-state index is 4.26. The molecule has 0 aliphatic carbocycles. The van der Waals surface area contributed by atoms with Crippen LogP contribution in [-0.2, 0) is 20.1 Å². The Morgan fingerprint density at radius 2 is 1.89 bits per heavy atom. The zero-order valence-corrected chi connectivity index (χ0v) is 13.3. The SMILES string of the molecule is [Ir].[c-]1ccc(N2CCCCCC2)cc1-n1cccn1. The molecule has 1 fully saturated rings. The van der Waals surface area contributed by atoms with Gasteiger partial charge < -0.3 is 4.90 Å². The molecule has 0 bridgehead atoms. The minimum atomic E-state index is 0. The summed E-state index contributed by atoms with van der Waals surface area (Å²) in [6.45, 7) is 2.34. The normalized spacial score (nSPS) is 15.7. The molecule has 2 aromatic rings. The molecule has 3 rings (SSSR count). The standard InChI is InChI=1S/C15H18N3.Ir/c1-2-4-11-17(10-3-1)14-7-5-8-15(13-14)18-12-6-9-16-18;/h5-7,9,12-13H,1-4,10-11H2;/q-1;. The summed E-state index contributed by atoms with van der Waals surface area (Å²) in [5.41, 5.74) is 2.31. The van der Waals surface area contributed by atoms with Gasteiger partial charge in [-0.05, 0) is 24.6 Å². The molecule has 0 atom stereocenters. The van der Waals surface area contributed by atoms with Gasteiger partial charge in [0.1, 0.15) is 0 Å². The van der Waals surface area contributed by atoms with Crippen LogP contribution < -0.4 is 4.90 Å². The van der Waals surface area contributed by atoms with Gasteiger partial charge in [0.15, 0.2) is 0 Å². The summed E-state index contributed by atoms with van der Waals surface area (Å²) in [7, 11) is 0. The van der Waals surface area contributed by atoms with Gasteiger partial charge in [0, 0.05) is 45.6 Å². The van der Waals surface area contributed by atoms with E-state index in [1.165, 1.54) is 44.5 Å². The molecule has 1 aromatic carbocycles. The van der Waals surface area contributed by atoms with E-state index >= 15 is 0 Å². The zero-order valence-electron chi connectivity index (χ0n) is 10.9. The van der Waals surface area contributed by atoms with Crippen LogP contribution in [0.25, 0.3) is 5.69 Å². The van der Waals surface area contributed by atoms with Crippen LogP contribution in [0.1, 0.15) is 25.7 Å². The van der Waals surface area contributed by atoms with Crippen molar-refractivity contribution >= 4 is 5.69 Å². The second-order valence-electron chi connectivity index (χ2n) is 4.78.